The summed E-state index contributed by atoms with van der Waals surface area (Å²) in [5.74, 6) is -0.490. The van der Waals surface area contributed by atoms with Crippen LogP contribution in [0.5, 0.6) is 0 Å². The molecule has 1 nitrogen and oxygen atoms in total. The fraction of sp³-hybridized carbons (Fsp3) is 0. The zero-order valence-corrected chi connectivity index (χ0v) is 7.94. The summed E-state index contributed by atoms with van der Waals surface area (Å²) in [5.41, 5.74) is 0.625. The summed E-state index contributed by atoms with van der Waals surface area (Å²) in [6, 6.07) is 4.13. The zero-order valence-electron chi connectivity index (χ0n) is 6.43. The molecule has 0 N–H and O–H groups in total. The number of hydrogen-bond donors (Lipinski definition) is 0. The molecular formula is C9H5Cl2FO. The molecule has 0 aliphatic carbocycles. The molecule has 0 spiro atoms. The Morgan fingerprint density at radius 2 is 2.15 bits per heavy atom. The van der Waals surface area contributed by atoms with Gasteiger partial charge in [-0.05, 0) is 35.4 Å². The Labute approximate surface area is 84.8 Å². The molecule has 0 fully saturated rings. The van der Waals surface area contributed by atoms with Crippen LogP contribution >= 0.6 is 23.2 Å². The van der Waals surface area contributed by atoms with Crippen LogP contribution in [0.25, 0.3) is 6.08 Å². The predicted octanol–water partition coefficient (Wildman–Crippen LogP) is 3.26. The van der Waals surface area contributed by atoms with Crippen LogP contribution < -0.4 is 0 Å². The van der Waals surface area contributed by atoms with Gasteiger partial charge in [0, 0.05) is 0 Å². The van der Waals surface area contributed by atoms with Gasteiger partial charge in [-0.25, -0.2) is 4.39 Å². The Balaban J connectivity index is 2.92. The van der Waals surface area contributed by atoms with Gasteiger partial charge in [0.2, 0.25) is 5.24 Å². The quantitative estimate of drug-likeness (QED) is 0.551. The Kier molecular flexibility index (Phi) is 3.46. The number of rotatable bonds is 2. The maximum absolute atomic E-state index is 12.6. The monoisotopic (exact) mass is 218 g/mol. The molecule has 0 unspecified atom stereocenters. The molecule has 0 saturated carbocycles. The maximum Gasteiger partial charge on any atom is 0.245 e. The normalized spacial score (nSPS) is 10.7. The molecule has 68 valence electrons. The summed E-state index contributed by atoms with van der Waals surface area (Å²) >= 11 is 10.6. The van der Waals surface area contributed by atoms with Gasteiger partial charge in [0.05, 0.1) is 5.02 Å². The second-order valence-corrected chi connectivity index (χ2v) is 3.09. The second kappa shape index (κ2) is 4.40. The highest BCUT2D eigenvalue weighted by Crippen LogP contribution is 2.16. The molecule has 1 aromatic rings. The van der Waals surface area contributed by atoms with Crippen LogP contribution in [0.15, 0.2) is 24.3 Å². The lowest BCUT2D eigenvalue weighted by Crippen LogP contribution is -1.80. The van der Waals surface area contributed by atoms with Crippen molar-refractivity contribution in [1.82, 2.24) is 0 Å². The van der Waals surface area contributed by atoms with Gasteiger partial charge < -0.3 is 0 Å². The SMILES string of the molecule is O=C(Cl)C=Cc1ccc(F)c(Cl)c1. The molecule has 4 heteroatoms. The predicted molar refractivity (Wildman–Crippen MR) is 51.3 cm³/mol. The molecule has 0 heterocycles. The molecule has 1 aromatic carbocycles. The molecule has 13 heavy (non-hydrogen) atoms. The minimum absolute atomic E-state index is 0.0178. The van der Waals surface area contributed by atoms with Crippen LogP contribution in [-0.4, -0.2) is 5.24 Å². The highest BCUT2D eigenvalue weighted by atomic mass is 35.5. The minimum Gasteiger partial charge on any atom is -0.276 e. The summed E-state index contributed by atoms with van der Waals surface area (Å²) < 4.78 is 12.6. The van der Waals surface area contributed by atoms with E-state index in [1.54, 1.807) is 0 Å². The number of allylic oxidation sites excluding steroid dienone is 1. The van der Waals surface area contributed by atoms with E-state index in [9.17, 15) is 9.18 Å². The van der Waals surface area contributed by atoms with E-state index in [0.29, 0.717) is 5.56 Å². The van der Waals surface area contributed by atoms with Crippen LogP contribution in [0.4, 0.5) is 4.39 Å². The van der Waals surface area contributed by atoms with Crippen LogP contribution in [0, 0.1) is 5.82 Å². The van der Waals surface area contributed by atoms with Gasteiger partial charge in [0.25, 0.3) is 0 Å². The fourth-order valence-corrected chi connectivity index (χ4v) is 1.03. The van der Waals surface area contributed by atoms with E-state index in [-0.39, 0.29) is 5.02 Å². The smallest absolute Gasteiger partial charge is 0.245 e. The van der Waals surface area contributed by atoms with Crippen molar-refractivity contribution < 1.29 is 9.18 Å². The van der Waals surface area contributed by atoms with Crippen molar-refractivity contribution in [3.05, 3.63) is 40.7 Å². The number of carbonyl (C=O) groups excluding carboxylic acids is 1. The molecule has 1 rings (SSSR count). The molecule has 0 radical (unpaired) electrons. The third-order valence-electron chi connectivity index (χ3n) is 1.35. The van der Waals surface area contributed by atoms with Crippen molar-refractivity contribution in [2.45, 2.75) is 0 Å². The van der Waals surface area contributed by atoms with Crippen molar-refractivity contribution in [2.24, 2.45) is 0 Å². The molecule has 0 atom stereocenters. The number of hydrogen-bond acceptors (Lipinski definition) is 1. The van der Waals surface area contributed by atoms with Crippen LogP contribution in [0.1, 0.15) is 5.56 Å². The summed E-state index contributed by atoms with van der Waals surface area (Å²) in [7, 11) is 0. The van der Waals surface area contributed by atoms with Gasteiger partial charge in [0.1, 0.15) is 5.82 Å². The van der Waals surface area contributed by atoms with Crippen LogP contribution in [0.3, 0.4) is 0 Å². The van der Waals surface area contributed by atoms with Crippen LogP contribution in [0.2, 0.25) is 5.02 Å². The van der Waals surface area contributed by atoms with E-state index in [1.807, 2.05) is 0 Å². The first-order chi connectivity index (χ1) is 6.09. The van der Waals surface area contributed by atoms with Crippen molar-refractivity contribution in [3.8, 4) is 0 Å². The second-order valence-electron chi connectivity index (χ2n) is 2.31. The highest BCUT2D eigenvalue weighted by molar-refractivity contribution is 6.66. The van der Waals surface area contributed by atoms with E-state index in [0.717, 1.165) is 0 Å². The topological polar surface area (TPSA) is 17.1 Å². The highest BCUT2D eigenvalue weighted by Gasteiger charge is 1.98. The summed E-state index contributed by atoms with van der Waals surface area (Å²) in [4.78, 5) is 10.3. The lowest BCUT2D eigenvalue weighted by molar-refractivity contribution is -0.107. The van der Waals surface area contributed by atoms with Crippen LogP contribution in [-0.2, 0) is 4.79 Å². The van der Waals surface area contributed by atoms with Gasteiger partial charge in [-0.2, -0.15) is 0 Å². The van der Waals surface area contributed by atoms with Gasteiger partial charge in [0.15, 0.2) is 0 Å². The summed E-state index contributed by atoms with van der Waals surface area (Å²) in [5, 5.41) is -0.565. The number of halogens is 3. The zero-order chi connectivity index (χ0) is 9.84. The molecule has 0 aliphatic rings. The average Bonchev–Trinajstić information content (AvgIpc) is 2.07. The minimum atomic E-state index is -0.583. The van der Waals surface area contributed by atoms with Gasteiger partial charge in [-0.3, -0.25) is 4.79 Å². The first-order valence-electron chi connectivity index (χ1n) is 3.42. The van der Waals surface area contributed by atoms with Crippen molar-refractivity contribution in [3.63, 3.8) is 0 Å². The molecular weight excluding hydrogens is 214 g/mol. The first kappa shape index (κ1) is 10.2. The fourth-order valence-electron chi connectivity index (χ4n) is 0.778. The van der Waals surface area contributed by atoms with E-state index in [2.05, 4.69) is 0 Å². The lowest BCUT2D eigenvalue weighted by atomic mass is 10.2. The summed E-state index contributed by atoms with van der Waals surface area (Å²) in [6.07, 6.45) is 2.63. The van der Waals surface area contributed by atoms with Crippen molar-refractivity contribution >= 4 is 34.5 Å². The maximum atomic E-state index is 12.6. The van der Waals surface area contributed by atoms with E-state index < -0.39 is 11.1 Å². The molecule has 0 amide bonds. The first-order valence-corrected chi connectivity index (χ1v) is 4.18. The standard InChI is InChI=1S/C9H5Cl2FO/c10-7-5-6(1-3-8(7)12)2-4-9(11)13/h1-5H. The van der Waals surface area contributed by atoms with E-state index in [4.69, 9.17) is 23.2 Å². The van der Waals surface area contributed by atoms with Gasteiger partial charge in [-0.1, -0.05) is 23.7 Å². The molecule has 0 bridgehead atoms. The number of carbonyl (C=O) groups is 1. The Bertz CT molecular complexity index is 361. The van der Waals surface area contributed by atoms with E-state index >= 15 is 0 Å². The van der Waals surface area contributed by atoms with Gasteiger partial charge >= 0.3 is 0 Å². The Hall–Kier alpha value is -0.860. The van der Waals surface area contributed by atoms with Crippen molar-refractivity contribution in [2.75, 3.05) is 0 Å². The van der Waals surface area contributed by atoms with E-state index in [1.165, 1.54) is 30.4 Å². The molecule has 0 saturated heterocycles. The summed E-state index contributed by atoms with van der Waals surface area (Å²) in [6.45, 7) is 0. The van der Waals surface area contributed by atoms with Crippen molar-refractivity contribution in [1.29, 1.82) is 0 Å². The molecule has 0 aromatic heterocycles. The third-order valence-corrected chi connectivity index (χ3v) is 1.77. The van der Waals surface area contributed by atoms with Gasteiger partial charge in [-0.15, -0.1) is 0 Å². The molecule has 0 aliphatic heterocycles. The Morgan fingerprint density at radius 1 is 1.46 bits per heavy atom. The Morgan fingerprint density at radius 3 is 2.69 bits per heavy atom. The third kappa shape index (κ3) is 3.17. The number of benzene rings is 1. The average molecular weight is 219 g/mol. The largest absolute Gasteiger partial charge is 0.276 e. The lowest BCUT2D eigenvalue weighted by Gasteiger charge is -1.95.